The zero-order valence-corrected chi connectivity index (χ0v) is 15.7. The highest BCUT2D eigenvalue weighted by molar-refractivity contribution is 8.27. The van der Waals surface area contributed by atoms with Gasteiger partial charge < -0.3 is 19.2 Å². The summed E-state index contributed by atoms with van der Waals surface area (Å²) in [5.74, 6) is 0.598. The maximum atomic E-state index is 11.6. The predicted molar refractivity (Wildman–Crippen MR) is 105 cm³/mol. The molecule has 4 rings (SSSR count). The van der Waals surface area contributed by atoms with Crippen LogP contribution in [0.15, 0.2) is 58.6 Å². The van der Waals surface area contributed by atoms with Gasteiger partial charge in [-0.1, -0.05) is 31.2 Å². The second-order valence-electron chi connectivity index (χ2n) is 5.95. The van der Waals surface area contributed by atoms with E-state index in [0.717, 1.165) is 11.1 Å². The second-order valence-corrected chi connectivity index (χ2v) is 6.90. The first kappa shape index (κ1) is 18.1. The van der Waals surface area contributed by atoms with Gasteiger partial charge in [-0.25, -0.2) is 0 Å². The maximum Gasteiger partial charge on any atom is 0.397 e. The molecule has 2 heterocycles. The SMILES string of the molecule is CCC(Oc1ccc(C=C2NC(=O)SC2=O)cc1)Oc1nc2ccccc2o1. The fraction of sp³-hybridized carbons (Fsp3) is 0.150. The first-order chi connectivity index (χ1) is 13.6. The first-order valence-corrected chi connectivity index (χ1v) is 9.46. The van der Waals surface area contributed by atoms with Crippen LogP contribution in [0.2, 0.25) is 0 Å². The van der Waals surface area contributed by atoms with E-state index in [1.165, 1.54) is 0 Å². The minimum Gasteiger partial charge on any atom is -0.455 e. The van der Waals surface area contributed by atoms with E-state index in [4.69, 9.17) is 13.9 Å². The number of hydrogen-bond donors (Lipinski definition) is 1. The zero-order valence-electron chi connectivity index (χ0n) is 14.9. The normalized spacial score (nSPS) is 16.4. The number of aromatic nitrogens is 1. The summed E-state index contributed by atoms with van der Waals surface area (Å²) in [6.45, 7) is 1.93. The van der Waals surface area contributed by atoms with E-state index < -0.39 is 6.29 Å². The number of rotatable bonds is 6. The number of benzene rings is 2. The van der Waals surface area contributed by atoms with Crippen molar-refractivity contribution >= 4 is 39.3 Å². The number of amides is 1. The molecule has 0 spiro atoms. The number of carbonyl (C=O) groups is 2. The van der Waals surface area contributed by atoms with Crippen molar-refractivity contribution in [3.63, 3.8) is 0 Å². The van der Waals surface area contributed by atoms with E-state index in [1.807, 2.05) is 31.2 Å². The number of ether oxygens (including phenoxy) is 2. The Morgan fingerprint density at radius 1 is 1.14 bits per heavy atom. The highest BCUT2D eigenvalue weighted by atomic mass is 32.2. The molecule has 1 fully saturated rings. The highest BCUT2D eigenvalue weighted by Crippen LogP contribution is 2.24. The smallest absolute Gasteiger partial charge is 0.397 e. The van der Waals surface area contributed by atoms with Crippen molar-refractivity contribution in [1.29, 1.82) is 0 Å². The Bertz CT molecular complexity index is 1020. The molecule has 3 aromatic rings. The molecular formula is C20H16N2O5S. The van der Waals surface area contributed by atoms with Crippen molar-refractivity contribution in [3.05, 3.63) is 59.8 Å². The lowest BCUT2D eigenvalue weighted by atomic mass is 10.2. The topological polar surface area (TPSA) is 90.7 Å². The van der Waals surface area contributed by atoms with Crippen molar-refractivity contribution in [1.82, 2.24) is 10.3 Å². The number of para-hydroxylation sites is 2. The van der Waals surface area contributed by atoms with Gasteiger partial charge in [0.05, 0.1) is 5.70 Å². The van der Waals surface area contributed by atoms with E-state index in [0.29, 0.717) is 29.5 Å². The van der Waals surface area contributed by atoms with Crippen LogP contribution in [0.25, 0.3) is 17.2 Å². The molecule has 0 aliphatic carbocycles. The van der Waals surface area contributed by atoms with Crippen LogP contribution in [0, 0.1) is 0 Å². The Morgan fingerprint density at radius 2 is 1.93 bits per heavy atom. The summed E-state index contributed by atoms with van der Waals surface area (Å²) in [5.41, 5.74) is 2.41. The van der Waals surface area contributed by atoms with Gasteiger partial charge in [-0.3, -0.25) is 9.59 Å². The lowest BCUT2D eigenvalue weighted by Gasteiger charge is -2.16. The molecule has 1 atom stereocenters. The van der Waals surface area contributed by atoms with Crippen molar-refractivity contribution < 1.29 is 23.5 Å². The molecule has 0 radical (unpaired) electrons. The third-order valence-corrected chi connectivity index (χ3v) is 4.63. The van der Waals surface area contributed by atoms with Gasteiger partial charge in [0, 0.05) is 18.2 Å². The molecule has 1 aliphatic rings. The first-order valence-electron chi connectivity index (χ1n) is 8.64. The summed E-state index contributed by atoms with van der Waals surface area (Å²) in [6, 6.07) is 14.5. The van der Waals surface area contributed by atoms with Crippen LogP contribution in [0.5, 0.6) is 11.8 Å². The molecule has 0 saturated carbocycles. The average Bonchev–Trinajstić information content (AvgIpc) is 3.24. The zero-order chi connectivity index (χ0) is 19.5. The molecule has 142 valence electrons. The number of nitrogens with zero attached hydrogens (tertiary/aromatic N) is 1. The minimum atomic E-state index is -0.565. The maximum absolute atomic E-state index is 11.6. The van der Waals surface area contributed by atoms with Crippen LogP contribution >= 0.6 is 11.8 Å². The molecule has 1 unspecified atom stereocenters. The van der Waals surface area contributed by atoms with Gasteiger partial charge in [-0.15, -0.1) is 0 Å². The van der Waals surface area contributed by atoms with Crippen LogP contribution in [0.4, 0.5) is 4.79 Å². The van der Waals surface area contributed by atoms with Gasteiger partial charge in [-0.05, 0) is 35.9 Å². The minimum absolute atomic E-state index is 0.155. The molecule has 7 nitrogen and oxygen atoms in total. The quantitative estimate of drug-likeness (QED) is 0.489. The van der Waals surface area contributed by atoms with E-state index in [-0.39, 0.29) is 22.1 Å². The van der Waals surface area contributed by atoms with Gasteiger partial charge in [0.25, 0.3) is 5.24 Å². The lowest BCUT2D eigenvalue weighted by molar-refractivity contribution is -0.107. The van der Waals surface area contributed by atoms with Crippen molar-refractivity contribution in [2.24, 2.45) is 0 Å². The number of fused-ring (bicyclic) bond motifs is 1. The molecule has 1 saturated heterocycles. The van der Waals surface area contributed by atoms with Gasteiger partial charge >= 0.3 is 6.08 Å². The third-order valence-electron chi connectivity index (χ3n) is 3.94. The number of nitrogens with one attached hydrogen (secondary N) is 1. The molecular weight excluding hydrogens is 380 g/mol. The monoisotopic (exact) mass is 396 g/mol. The van der Waals surface area contributed by atoms with Crippen molar-refractivity contribution in [2.45, 2.75) is 19.6 Å². The molecule has 1 aromatic heterocycles. The molecule has 28 heavy (non-hydrogen) atoms. The van der Waals surface area contributed by atoms with Gasteiger partial charge in [-0.2, -0.15) is 4.98 Å². The second kappa shape index (κ2) is 7.77. The standard InChI is InChI=1S/C20H16N2O5S/c1-2-17(27-20-22-14-5-3-4-6-16(14)26-20)25-13-9-7-12(8-10-13)11-15-18(23)28-19(24)21-15/h3-11,17H,2H2,1H3,(H,21,24). The fourth-order valence-electron chi connectivity index (χ4n) is 2.59. The Kier molecular flexibility index (Phi) is 5.03. The van der Waals surface area contributed by atoms with E-state index in [1.54, 1.807) is 30.3 Å². The van der Waals surface area contributed by atoms with Crippen LogP contribution in [-0.2, 0) is 4.79 Å². The van der Waals surface area contributed by atoms with Crippen LogP contribution in [0.1, 0.15) is 18.9 Å². The van der Waals surface area contributed by atoms with Crippen molar-refractivity contribution in [3.8, 4) is 11.8 Å². The molecule has 1 N–H and O–H groups in total. The Labute approximate surface area is 164 Å². The van der Waals surface area contributed by atoms with E-state index in [9.17, 15) is 9.59 Å². The van der Waals surface area contributed by atoms with Gasteiger partial charge in [0.2, 0.25) is 11.4 Å². The summed E-state index contributed by atoms with van der Waals surface area (Å²) < 4.78 is 17.1. The van der Waals surface area contributed by atoms with Crippen LogP contribution < -0.4 is 14.8 Å². The Morgan fingerprint density at radius 3 is 2.61 bits per heavy atom. The van der Waals surface area contributed by atoms with E-state index in [2.05, 4.69) is 10.3 Å². The van der Waals surface area contributed by atoms with Crippen LogP contribution in [0.3, 0.4) is 0 Å². The number of oxazole rings is 1. The number of carbonyl (C=O) groups excluding carboxylic acids is 2. The van der Waals surface area contributed by atoms with Crippen LogP contribution in [-0.4, -0.2) is 21.6 Å². The summed E-state index contributed by atoms with van der Waals surface area (Å²) >= 11 is 0.651. The Balaban J connectivity index is 1.43. The molecule has 8 heteroatoms. The number of hydrogen-bond acceptors (Lipinski definition) is 7. The number of thioether (sulfide) groups is 1. The van der Waals surface area contributed by atoms with Gasteiger partial charge in [0.1, 0.15) is 11.3 Å². The third kappa shape index (κ3) is 4.01. The summed E-state index contributed by atoms with van der Waals surface area (Å²) in [4.78, 5) is 27.1. The van der Waals surface area contributed by atoms with E-state index >= 15 is 0 Å². The highest BCUT2D eigenvalue weighted by Gasteiger charge is 2.25. The fourth-order valence-corrected chi connectivity index (χ4v) is 3.14. The lowest BCUT2D eigenvalue weighted by Crippen LogP contribution is -2.23. The molecule has 2 aromatic carbocycles. The summed E-state index contributed by atoms with van der Waals surface area (Å²) in [7, 11) is 0. The summed E-state index contributed by atoms with van der Waals surface area (Å²) in [5, 5.41) is 1.86. The average molecular weight is 396 g/mol. The Hall–Kier alpha value is -3.26. The predicted octanol–water partition coefficient (Wildman–Crippen LogP) is 4.35. The van der Waals surface area contributed by atoms with Gasteiger partial charge in [0.15, 0.2) is 5.58 Å². The molecule has 0 bridgehead atoms. The summed E-state index contributed by atoms with van der Waals surface area (Å²) in [6.07, 6.45) is 1.80. The molecule has 1 amide bonds. The van der Waals surface area contributed by atoms with Crippen molar-refractivity contribution in [2.75, 3.05) is 0 Å². The largest absolute Gasteiger partial charge is 0.455 e. The molecule has 1 aliphatic heterocycles.